The summed E-state index contributed by atoms with van der Waals surface area (Å²) in [6.45, 7) is 5.67. The first-order valence-electron chi connectivity index (χ1n) is 3.88. The van der Waals surface area contributed by atoms with E-state index in [2.05, 4.69) is 43.8 Å². The van der Waals surface area contributed by atoms with Crippen molar-refractivity contribution in [3.8, 4) is 0 Å². The molecule has 0 aromatic heterocycles. The van der Waals surface area contributed by atoms with Crippen LogP contribution in [-0.2, 0) is 6.42 Å². The first-order valence-corrected chi connectivity index (χ1v) is 3.88. The minimum absolute atomic E-state index is 0.947. The van der Waals surface area contributed by atoms with Gasteiger partial charge < -0.3 is 0 Å². The topological polar surface area (TPSA) is 0 Å². The van der Waals surface area contributed by atoms with Crippen LogP contribution in [0.25, 0.3) is 0 Å². The molecule has 1 rings (SSSR count). The molecule has 1 radical (unpaired) electrons. The van der Waals surface area contributed by atoms with E-state index in [-0.39, 0.29) is 0 Å². The highest BCUT2D eigenvalue weighted by Crippen LogP contribution is 2.05. The Bertz CT molecular complexity index is 218. The number of benzene rings is 1. The van der Waals surface area contributed by atoms with E-state index in [0.717, 1.165) is 12.8 Å². The molecule has 0 N–H and O–H groups in total. The quantitative estimate of drug-likeness (QED) is 0.613. The lowest BCUT2D eigenvalue weighted by molar-refractivity contribution is 0.983. The van der Waals surface area contributed by atoms with Crippen molar-refractivity contribution in [2.24, 2.45) is 0 Å². The third-order valence-electron chi connectivity index (χ3n) is 1.71. The Balaban J connectivity index is 2.58. The van der Waals surface area contributed by atoms with Gasteiger partial charge >= 0.3 is 0 Å². The van der Waals surface area contributed by atoms with Crippen molar-refractivity contribution in [1.29, 1.82) is 0 Å². The zero-order chi connectivity index (χ0) is 8.10. The average molecular weight is 145 g/mol. The molecule has 0 heteroatoms. The van der Waals surface area contributed by atoms with Crippen LogP contribution in [0.3, 0.4) is 0 Å². The summed E-state index contributed by atoms with van der Waals surface area (Å²) in [6.07, 6.45) is 4.89. The maximum Gasteiger partial charge on any atom is -0.0238 e. The zero-order valence-corrected chi connectivity index (χ0v) is 6.93. The number of rotatable bonds is 3. The minimum atomic E-state index is 0.947. The van der Waals surface area contributed by atoms with Crippen LogP contribution in [0.4, 0.5) is 0 Å². The Morgan fingerprint density at radius 2 is 1.91 bits per heavy atom. The lowest BCUT2D eigenvalue weighted by Gasteiger charge is -1.97. The van der Waals surface area contributed by atoms with Gasteiger partial charge in [-0.15, -0.1) is 0 Å². The summed E-state index contributed by atoms with van der Waals surface area (Å²) in [4.78, 5) is 0. The van der Waals surface area contributed by atoms with Gasteiger partial charge in [0.15, 0.2) is 0 Å². The van der Waals surface area contributed by atoms with E-state index in [1.54, 1.807) is 0 Å². The van der Waals surface area contributed by atoms with Crippen LogP contribution in [0, 0.1) is 13.0 Å². The first kappa shape index (κ1) is 8.06. The summed E-state index contributed by atoms with van der Waals surface area (Å²) in [6, 6.07) is 8.59. The molecular weight excluding hydrogens is 132 g/mol. The van der Waals surface area contributed by atoms with Crippen LogP contribution < -0.4 is 0 Å². The van der Waals surface area contributed by atoms with Crippen molar-refractivity contribution in [2.45, 2.75) is 19.8 Å². The Labute approximate surface area is 68.6 Å². The SMILES string of the molecule is C=[C]CCc1ccc(C)cc1. The predicted octanol–water partition coefficient (Wildman–Crippen LogP) is 2.92. The van der Waals surface area contributed by atoms with E-state index in [4.69, 9.17) is 0 Å². The monoisotopic (exact) mass is 145 g/mol. The lowest BCUT2D eigenvalue weighted by atomic mass is 10.1. The standard InChI is InChI=1S/C11H13/c1-3-4-5-11-8-6-10(2)7-9-11/h6-9H,1,4-5H2,2H3. The van der Waals surface area contributed by atoms with Crippen LogP contribution in [0.1, 0.15) is 17.5 Å². The molecule has 0 spiro atoms. The molecule has 0 aliphatic rings. The molecule has 0 bridgehead atoms. The summed E-state index contributed by atoms with van der Waals surface area (Å²) in [5.41, 5.74) is 2.68. The molecule has 0 aliphatic heterocycles. The molecule has 0 fully saturated rings. The van der Waals surface area contributed by atoms with Crippen molar-refractivity contribution < 1.29 is 0 Å². The molecule has 11 heavy (non-hydrogen) atoms. The number of hydrogen-bond acceptors (Lipinski definition) is 0. The van der Waals surface area contributed by atoms with E-state index < -0.39 is 0 Å². The van der Waals surface area contributed by atoms with E-state index in [0.29, 0.717) is 0 Å². The Kier molecular flexibility index (Phi) is 2.91. The van der Waals surface area contributed by atoms with Crippen LogP contribution in [-0.4, -0.2) is 0 Å². The summed E-state index contributed by atoms with van der Waals surface area (Å²) >= 11 is 0. The predicted molar refractivity (Wildman–Crippen MR) is 48.4 cm³/mol. The molecule has 1 aromatic rings. The average Bonchev–Trinajstić information content (AvgIpc) is 2.04. The number of aryl methyl sites for hydroxylation is 2. The van der Waals surface area contributed by atoms with Gasteiger partial charge in [0.05, 0.1) is 0 Å². The van der Waals surface area contributed by atoms with Gasteiger partial charge in [-0.05, 0) is 25.3 Å². The van der Waals surface area contributed by atoms with Crippen molar-refractivity contribution in [2.75, 3.05) is 0 Å². The van der Waals surface area contributed by atoms with E-state index in [1.165, 1.54) is 11.1 Å². The minimum Gasteiger partial charge on any atom is -0.0956 e. The molecule has 0 unspecified atom stereocenters. The highest BCUT2D eigenvalue weighted by molar-refractivity contribution is 5.21. The number of allylic oxidation sites excluding steroid dienone is 1. The smallest absolute Gasteiger partial charge is 0.0238 e. The van der Waals surface area contributed by atoms with Crippen molar-refractivity contribution in [3.05, 3.63) is 48.0 Å². The third-order valence-corrected chi connectivity index (χ3v) is 1.71. The van der Waals surface area contributed by atoms with E-state index in [9.17, 15) is 0 Å². The molecule has 0 nitrogen and oxygen atoms in total. The van der Waals surface area contributed by atoms with Crippen molar-refractivity contribution in [3.63, 3.8) is 0 Å². The van der Waals surface area contributed by atoms with Crippen LogP contribution in [0.15, 0.2) is 30.8 Å². The fraction of sp³-hybridized carbons (Fsp3) is 0.273. The molecule has 0 amide bonds. The zero-order valence-electron chi connectivity index (χ0n) is 6.93. The second-order valence-electron chi connectivity index (χ2n) is 2.74. The number of hydrogen-bond donors (Lipinski definition) is 0. The molecule has 0 aliphatic carbocycles. The molecule has 0 heterocycles. The van der Waals surface area contributed by atoms with Crippen LogP contribution >= 0.6 is 0 Å². The van der Waals surface area contributed by atoms with Gasteiger partial charge in [-0.2, -0.15) is 0 Å². The van der Waals surface area contributed by atoms with E-state index >= 15 is 0 Å². The second-order valence-corrected chi connectivity index (χ2v) is 2.74. The van der Waals surface area contributed by atoms with Crippen LogP contribution in [0.5, 0.6) is 0 Å². The Morgan fingerprint density at radius 1 is 1.27 bits per heavy atom. The van der Waals surface area contributed by atoms with E-state index in [1.807, 2.05) is 0 Å². The lowest BCUT2D eigenvalue weighted by Crippen LogP contribution is -1.82. The Morgan fingerprint density at radius 3 is 2.45 bits per heavy atom. The molecule has 0 atom stereocenters. The molecule has 57 valence electrons. The van der Waals surface area contributed by atoms with Gasteiger partial charge in [-0.3, -0.25) is 0 Å². The molecule has 0 saturated heterocycles. The third kappa shape index (κ3) is 2.58. The van der Waals surface area contributed by atoms with Crippen molar-refractivity contribution in [1.82, 2.24) is 0 Å². The molecule has 0 saturated carbocycles. The fourth-order valence-electron chi connectivity index (χ4n) is 0.987. The maximum atomic E-state index is 3.57. The van der Waals surface area contributed by atoms with Gasteiger partial charge in [0.2, 0.25) is 0 Å². The normalized spacial score (nSPS) is 9.55. The fourth-order valence-corrected chi connectivity index (χ4v) is 0.987. The Hall–Kier alpha value is -1.04. The molecule has 1 aromatic carbocycles. The largest absolute Gasteiger partial charge is 0.0956 e. The van der Waals surface area contributed by atoms with Gasteiger partial charge in [-0.1, -0.05) is 42.5 Å². The maximum absolute atomic E-state index is 3.57. The highest BCUT2D eigenvalue weighted by atomic mass is 13.9. The summed E-state index contributed by atoms with van der Waals surface area (Å²) in [5, 5.41) is 0. The van der Waals surface area contributed by atoms with Crippen LogP contribution in [0.2, 0.25) is 0 Å². The van der Waals surface area contributed by atoms with Gasteiger partial charge in [-0.25, -0.2) is 0 Å². The summed E-state index contributed by atoms with van der Waals surface area (Å²) in [7, 11) is 0. The van der Waals surface area contributed by atoms with Crippen molar-refractivity contribution >= 4 is 0 Å². The highest BCUT2D eigenvalue weighted by Gasteiger charge is 1.89. The summed E-state index contributed by atoms with van der Waals surface area (Å²) in [5.74, 6) is 0. The van der Waals surface area contributed by atoms with Gasteiger partial charge in [0, 0.05) is 0 Å². The molecular formula is C11H13. The van der Waals surface area contributed by atoms with Gasteiger partial charge in [0.1, 0.15) is 0 Å². The van der Waals surface area contributed by atoms with Gasteiger partial charge in [0.25, 0.3) is 0 Å². The summed E-state index contributed by atoms with van der Waals surface area (Å²) < 4.78 is 0. The first-order chi connectivity index (χ1) is 5.33. The second kappa shape index (κ2) is 3.97.